The lowest BCUT2D eigenvalue weighted by Crippen LogP contribution is -2.40. The topological polar surface area (TPSA) is 61.3 Å². The molecule has 3 rings (SSSR count). The first-order valence-electron chi connectivity index (χ1n) is 6.08. The number of para-hydroxylation sites is 1. The fourth-order valence-electron chi connectivity index (χ4n) is 2.41. The van der Waals surface area contributed by atoms with Gasteiger partial charge < -0.3 is 14.9 Å². The van der Waals surface area contributed by atoms with Crippen LogP contribution in [0.5, 0.6) is 0 Å². The Labute approximate surface area is 114 Å². The van der Waals surface area contributed by atoms with E-state index in [-0.39, 0.29) is 5.41 Å². The largest absolute Gasteiger partial charge is 0.439 e. The van der Waals surface area contributed by atoms with Crippen LogP contribution < -0.4 is 5.73 Å². The molecule has 0 unspecified atom stereocenters. The summed E-state index contributed by atoms with van der Waals surface area (Å²) in [7, 11) is 0. The molecule has 18 heavy (non-hydrogen) atoms. The second-order valence-corrected chi connectivity index (χ2v) is 5.56. The molecule has 0 radical (unpaired) electrons. The average Bonchev–Trinajstić information content (AvgIpc) is 2.85. The highest BCUT2D eigenvalue weighted by Gasteiger charge is 2.38. The molecular weight excluding hydrogens is 296 g/mol. The first kappa shape index (κ1) is 12.1. The van der Waals surface area contributed by atoms with E-state index >= 15 is 0 Å². The van der Waals surface area contributed by atoms with Gasteiger partial charge in [-0.15, -0.1) is 0 Å². The van der Waals surface area contributed by atoms with Crippen molar-refractivity contribution in [2.24, 2.45) is 5.73 Å². The summed E-state index contributed by atoms with van der Waals surface area (Å²) in [6.07, 6.45) is 1.74. The summed E-state index contributed by atoms with van der Waals surface area (Å²) in [4.78, 5) is 4.61. The maximum absolute atomic E-state index is 5.96. The van der Waals surface area contributed by atoms with E-state index in [9.17, 15) is 0 Å². The van der Waals surface area contributed by atoms with Crippen molar-refractivity contribution in [2.75, 3.05) is 19.8 Å². The molecule has 5 heteroatoms. The third-order valence-corrected chi connectivity index (χ3v) is 4.29. The third-order valence-electron chi connectivity index (χ3n) is 3.66. The molecule has 1 aromatic carbocycles. The van der Waals surface area contributed by atoms with Crippen LogP contribution in [0.3, 0.4) is 0 Å². The zero-order valence-corrected chi connectivity index (χ0v) is 11.6. The van der Waals surface area contributed by atoms with Gasteiger partial charge in [0.05, 0.1) is 9.89 Å². The number of ether oxygens (including phenoxy) is 1. The summed E-state index contributed by atoms with van der Waals surface area (Å²) in [5, 5.41) is 0. The van der Waals surface area contributed by atoms with Crippen LogP contribution in [0.25, 0.3) is 11.1 Å². The van der Waals surface area contributed by atoms with Gasteiger partial charge in [0.1, 0.15) is 5.52 Å². The molecular formula is C13H15BrN2O2. The number of aromatic nitrogens is 1. The minimum absolute atomic E-state index is 0.170. The molecule has 1 fully saturated rings. The van der Waals surface area contributed by atoms with Crippen molar-refractivity contribution < 1.29 is 9.15 Å². The van der Waals surface area contributed by atoms with Gasteiger partial charge in [-0.05, 0) is 40.9 Å². The Bertz CT molecular complexity index is 561. The van der Waals surface area contributed by atoms with Gasteiger partial charge in [0.2, 0.25) is 5.89 Å². The summed E-state index contributed by atoms with van der Waals surface area (Å²) >= 11 is 3.48. The molecule has 0 saturated carbocycles. The Balaban J connectivity index is 2.09. The lowest BCUT2D eigenvalue weighted by molar-refractivity contribution is 0.0438. The highest BCUT2D eigenvalue weighted by molar-refractivity contribution is 9.10. The van der Waals surface area contributed by atoms with E-state index in [1.165, 1.54) is 0 Å². The lowest BCUT2D eigenvalue weighted by Gasteiger charge is -2.32. The van der Waals surface area contributed by atoms with Crippen LogP contribution in [0.2, 0.25) is 0 Å². The first-order valence-corrected chi connectivity index (χ1v) is 6.88. The third kappa shape index (κ3) is 1.86. The van der Waals surface area contributed by atoms with Gasteiger partial charge in [-0.25, -0.2) is 4.98 Å². The monoisotopic (exact) mass is 310 g/mol. The highest BCUT2D eigenvalue weighted by atomic mass is 79.9. The van der Waals surface area contributed by atoms with E-state index in [1.54, 1.807) is 0 Å². The van der Waals surface area contributed by atoms with Crippen molar-refractivity contribution in [3.63, 3.8) is 0 Å². The summed E-state index contributed by atoms with van der Waals surface area (Å²) in [6.45, 7) is 1.98. The Morgan fingerprint density at radius 3 is 2.78 bits per heavy atom. The molecule has 2 heterocycles. The maximum Gasteiger partial charge on any atom is 0.203 e. The fourth-order valence-corrected chi connectivity index (χ4v) is 2.85. The first-order chi connectivity index (χ1) is 8.75. The van der Waals surface area contributed by atoms with E-state index in [1.807, 2.05) is 18.2 Å². The Hall–Kier alpha value is -0.910. The summed E-state index contributed by atoms with van der Waals surface area (Å²) < 4.78 is 12.3. The number of hydrogen-bond donors (Lipinski definition) is 1. The van der Waals surface area contributed by atoms with Crippen molar-refractivity contribution in [3.8, 4) is 0 Å². The Kier molecular flexibility index (Phi) is 3.13. The van der Waals surface area contributed by atoms with Crippen molar-refractivity contribution in [1.29, 1.82) is 0 Å². The highest BCUT2D eigenvalue weighted by Crippen LogP contribution is 2.36. The van der Waals surface area contributed by atoms with Gasteiger partial charge in [0.25, 0.3) is 0 Å². The van der Waals surface area contributed by atoms with Crippen molar-refractivity contribution in [2.45, 2.75) is 18.3 Å². The van der Waals surface area contributed by atoms with E-state index in [2.05, 4.69) is 20.9 Å². The minimum Gasteiger partial charge on any atom is -0.439 e. The van der Waals surface area contributed by atoms with Crippen LogP contribution in [-0.2, 0) is 10.2 Å². The Morgan fingerprint density at radius 1 is 1.33 bits per heavy atom. The molecule has 0 spiro atoms. The van der Waals surface area contributed by atoms with Crippen molar-refractivity contribution in [3.05, 3.63) is 28.6 Å². The quantitative estimate of drug-likeness (QED) is 0.926. The van der Waals surface area contributed by atoms with E-state index < -0.39 is 0 Å². The number of oxazole rings is 1. The zero-order valence-electron chi connectivity index (χ0n) is 9.99. The summed E-state index contributed by atoms with van der Waals surface area (Å²) in [5.41, 5.74) is 7.46. The van der Waals surface area contributed by atoms with Crippen LogP contribution >= 0.6 is 15.9 Å². The number of hydrogen-bond acceptors (Lipinski definition) is 4. The van der Waals surface area contributed by atoms with Gasteiger partial charge in [-0.2, -0.15) is 0 Å². The van der Waals surface area contributed by atoms with E-state index in [0.717, 1.165) is 47.5 Å². The molecule has 1 aliphatic rings. The molecule has 0 aliphatic carbocycles. The number of nitrogens with two attached hydrogens (primary N) is 1. The predicted octanol–water partition coefficient (Wildman–Crippen LogP) is 2.60. The van der Waals surface area contributed by atoms with E-state index in [4.69, 9.17) is 14.9 Å². The number of fused-ring (bicyclic) bond motifs is 1. The molecule has 0 bridgehead atoms. The van der Waals surface area contributed by atoms with Crippen LogP contribution in [0, 0.1) is 0 Å². The van der Waals surface area contributed by atoms with E-state index in [0.29, 0.717) is 6.54 Å². The zero-order chi connectivity index (χ0) is 12.6. The molecule has 0 amide bonds. The van der Waals surface area contributed by atoms with Crippen molar-refractivity contribution in [1.82, 2.24) is 4.98 Å². The standard InChI is InChI=1S/C13H15BrN2O2/c14-9-2-1-3-10-11(9)18-12(16-10)13(8-15)4-6-17-7-5-13/h1-3H,4-8,15H2. The number of nitrogens with zero attached hydrogens (tertiary/aromatic N) is 1. The Morgan fingerprint density at radius 2 is 2.11 bits per heavy atom. The number of halogens is 1. The fraction of sp³-hybridized carbons (Fsp3) is 0.462. The van der Waals surface area contributed by atoms with Gasteiger partial charge in [-0.3, -0.25) is 0 Å². The van der Waals surface area contributed by atoms with Crippen molar-refractivity contribution >= 4 is 27.0 Å². The van der Waals surface area contributed by atoms with Gasteiger partial charge >= 0.3 is 0 Å². The molecule has 4 nitrogen and oxygen atoms in total. The average molecular weight is 311 g/mol. The van der Waals surface area contributed by atoms with Crippen LogP contribution in [0.4, 0.5) is 0 Å². The predicted molar refractivity (Wildman–Crippen MR) is 72.5 cm³/mol. The number of rotatable bonds is 2. The molecule has 2 aromatic rings. The maximum atomic E-state index is 5.96. The second-order valence-electron chi connectivity index (χ2n) is 4.70. The molecule has 1 saturated heterocycles. The smallest absolute Gasteiger partial charge is 0.203 e. The molecule has 0 atom stereocenters. The number of benzene rings is 1. The van der Waals surface area contributed by atoms with Crippen LogP contribution in [0.1, 0.15) is 18.7 Å². The second kappa shape index (κ2) is 4.64. The lowest BCUT2D eigenvalue weighted by atomic mass is 9.80. The SMILES string of the molecule is NCC1(c2nc3cccc(Br)c3o2)CCOCC1. The molecule has 1 aromatic heterocycles. The van der Waals surface area contributed by atoms with Crippen LogP contribution in [-0.4, -0.2) is 24.7 Å². The minimum atomic E-state index is -0.170. The summed E-state index contributed by atoms with van der Waals surface area (Å²) in [6, 6.07) is 5.87. The van der Waals surface area contributed by atoms with Gasteiger partial charge in [0.15, 0.2) is 5.58 Å². The van der Waals surface area contributed by atoms with Crippen LogP contribution in [0.15, 0.2) is 27.1 Å². The summed E-state index contributed by atoms with van der Waals surface area (Å²) in [5.74, 6) is 0.746. The van der Waals surface area contributed by atoms with Gasteiger partial charge in [0, 0.05) is 19.8 Å². The molecule has 2 N–H and O–H groups in total. The normalized spacial score (nSPS) is 19.2. The molecule has 96 valence electrons. The molecule has 1 aliphatic heterocycles. The van der Waals surface area contributed by atoms with Gasteiger partial charge in [-0.1, -0.05) is 6.07 Å².